The minimum absolute atomic E-state index is 0. The highest BCUT2D eigenvalue weighted by molar-refractivity contribution is 6.20. The molecule has 0 atom stereocenters. The Kier molecular flexibility index (Phi) is 2.16. The van der Waals surface area contributed by atoms with Gasteiger partial charge in [-0.05, 0) is 12.1 Å². The van der Waals surface area contributed by atoms with Gasteiger partial charge in [-0.2, -0.15) is 0 Å². The van der Waals surface area contributed by atoms with E-state index in [-0.39, 0.29) is 23.6 Å². The van der Waals surface area contributed by atoms with Crippen LogP contribution in [0.25, 0.3) is 0 Å². The predicted molar refractivity (Wildman–Crippen MR) is 45.5 cm³/mol. The lowest BCUT2D eigenvalue weighted by atomic mass is 10.1. The van der Waals surface area contributed by atoms with Crippen LogP contribution < -0.4 is 0 Å². The summed E-state index contributed by atoms with van der Waals surface area (Å²) in [6.45, 7) is 0. The number of fused-ring (bicyclic) bond motifs is 1. The Balaban J connectivity index is 0.000000845. The van der Waals surface area contributed by atoms with Crippen molar-refractivity contribution < 1.29 is 14.8 Å². The maximum absolute atomic E-state index is 11.1. The average molecular weight is 179 g/mol. The number of amides is 2. The zero-order valence-corrected chi connectivity index (χ0v) is 6.02. The van der Waals surface area contributed by atoms with Crippen LogP contribution in [-0.4, -0.2) is 22.1 Å². The summed E-state index contributed by atoms with van der Waals surface area (Å²) >= 11 is 0. The van der Waals surface area contributed by atoms with E-state index in [1.54, 1.807) is 12.1 Å². The molecule has 0 unspecified atom stereocenters. The van der Waals surface area contributed by atoms with E-state index in [1.165, 1.54) is 12.1 Å². The first-order valence-electron chi connectivity index (χ1n) is 3.38. The third kappa shape index (κ3) is 1.11. The van der Waals surface area contributed by atoms with E-state index in [4.69, 9.17) is 5.21 Å². The number of hydroxylamine groups is 2. The SMILES string of the molecule is C.O=C1c2ccccc2C(=O)N1O. The Labute approximate surface area is 75.4 Å². The van der Waals surface area contributed by atoms with Crippen molar-refractivity contribution in [1.82, 2.24) is 5.06 Å². The van der Waals surface area contributed by atoms with Crippen LogP contribution in [0.2, 0.25) is 0 Å². The van der Waals surface area contributed by atoms with Gasteiger partial charge in [-0.25, -0.2) is 0 Å². The van der Waals surface area contributed by atoms with E-state index in [0.717, 1.165) is 0 Å². The number of carbonyl (C=O) groups is 2. The molecular formula is C9H9NO3. The predicted octanol–water partition coefficient (Wildman–Crippen LogP) is 1.31. The quantitative estimate of drug-likeness (QED) is 0.482. The first kappa shape index (κ1) is 9.41. The first-order valence-corrected chi connectivity index (χ1v) is 3.38. The largest absolute Gasteiger partial charge is 0.285 e. The third-order valence-electron chi connectivity index (χ3n) is 1.77. The summed E-state index contributed by atoms with van der Waals surface area (Å²) < 4.78 is 0. The van der Waals surface area contributed by atoms with Gasteiger partial charge in [0.2, 0.25) is 0 Å². The molecule has 68 valence electrons. The fourth-order valence-corrected chi connectivity index (χ4v) is 1.18. The molecule has 1 aliphatic rings. The number of imide groups is 1. The molecule has 4 heteroatoms. The van der Waals surface area contributed by atoms with E-state index >= 15 is 0 Å². The Morgan fingerprint density at radius 3 is 1.77 bits per heavy atom. The molecule has 1 aromatic rings. The molecule has 0 fully saturated rings. The second-order valence-corrected chi connectivity index (χ2v) is 2.47. The van der Waals surface area contributed by atoms with Crippen molar-refractivity contribution >= 4 is 11.8 Å². The molecule has 1 aromatic carbocycles. The molecule has 0 saturated heterocycles. The molecular weight excluding hydrogens is 170 g/mol. The second-order valence-electron chi connectivity index (χ2n) is 2.47. The summed E-state index contributed by atoms with van der Waals surface area (Å²) in [5.74, 6) is -1.31. The van der Waals surface area contributed by atoms with E-state index in [9.17, 15) is 9.59 Å². The lowest BCUT2D eigenvalue weighted by Crippen LogP contribution is -2.25. The van der Waals surface area contributed by atoms with Crippen LogP contribution in [0, 0.1) is 0 Å². The molecule has 1 aliphatic heterocycles. The number of nitrogens with zero attached hydrogens (tertiary/aromatic N) is 1. The minimum atomic E-state index is -0.657. The second kappa shape index (κ2) is 2.99. The zero-order chi connectivity index (χ0) is 8.72. The van der Waals surface area contributed by atoms with Crippen molar-refractivity contribution in [2.24, 2.45) is 0 Å². The summed E-state index contributed by atoms with van der Waals surface area (Å²) in [6, 6.07) is 6.30. The molecule has 0 radical (unpaired) electrons. The van der Waals surface area contributed by atoms with E-state index in [2.05, 4.69) is 0 Å². The van der Waals surface area contributed by atoms with Gasteiger partial charge in [0.25, 0.3) is 11.8 Å². The summed E-state index contributed by atoms with van der Waals surface area (Å²) in [5, 5.41) is 9.05. The van der Waals surface area contributed by atoms with Crippen LogP contribution in [0.1, 0.15) is 28.1 Å². The molecule has 2 rings (SSSR count). The molecule has 0 bridgehead atoms. The lowest BCUT2D eigenvalue weighted by molar-refractivity contribution is -0.0327. The van der Waals surface area contributed by atoms with Crippen molar-refractivity contribution in [2.45, 2.75) is 7.43 Å². The average Bonchev–Trinajstić information content (AvgIpc) is 2.33. The highest BCUT2D eigenvalue weighted by Gasteiger charge is 2.33. The van der Waals surface area contributed by atoms with Gasteiger partial charge in [-0.1, -0.05) is 19.6 Å². The summed E-state index contributed by atoms with van der Waals surface area (Å²) in [4.78, 5) is 22.1. The van der Waals surface area contributed by atoms with Crippen LogP contribution in [0.15, 0.2) is 24.3 Å². The Bertz CT molecular complexity index is 338. The van der Waals surface area contributed by atoms with Crippen molar-refractivity contribution in [2.75, 3.05) is 0 Å². The van der Waals surface area contributed by atoms with Gasteiger partial charge in [-0.15, -0.1) is 5.06 Å². The summed E-state index contributed by atoms with van der Waals surface area (Å²) in [6.07, 6.45) is 0. The Hall–Kier alpha value is -1.68. The molecule has 2 amide bonds. The van der Waals surface area contributed by atoms with Gasteiger partial charge in [0, 0.05) is 0 Å². The fraction of sp³-hybridized carbons (Fsp3) is 0.111. The molecule has 1 heterocycles. The van der Waals surface area contributed by atoms with Gasteiger partial charge in [0.1, 0.15) is 0 Å². The minimum Gasteiger partial charge on any atom is -0.278 e. The van der Waals surface area contributed by atoms with Crippen molar-refractivity contribution in [1.29, 1.82) is 0 Å². The Morgan fingerprint density at radius 1 is 1.00 bits per heavy atom. The number of rotatable bonds is 0. The van der Waals surface area contributed by atoms with Crippen LogP contribution >= 0.6 is 0 Å². The zero-order valence-electron chi connectivity index (χ0n) is 6.02. The highest BCUT2D eigenvalue weighted by atomic mass is 16.5. The topological polar surface area (TPSA) is 57.6 Å². The van der Waals surface area contributed by atoms with E-state index in [0.29, 0.717) is 0 Å². The maximum atomic E-state index is 11.1. The van der Waals surface area contributed by atoms with Crippen molar-refractivity contribution in [3.05, 3.63) is 35.4 Å². The van der Waals surface area contributed by atoms with Crippen molar-refractivity contribution in [3.8, 4) is 0 Å². The number of benzene rings is 1. The van der Waals surface area contributed by atoms with Crippen LogP contribution in [0.3, 0.4) is 0 Å². The molecule has 13 heavy (non-hydrogen) atoms. The van der Waals surface area contributed by atoms with Gasteiger partial charge in [0.05, 0.1) is 11.1 Å². The normalized spacial score (nSPS) is 14.1. The van der Waals surface area contributed by atoms with Gasteiger partial charge >= 0.3 is 0 Å². The van der Waals surface area contributed by atoms with E-state index < -0.39 is 11.8 Å². The molecule has 0 aliphatic carbocycles. The van der Waals surface area contributed by atoms with E-state index in [1.807, 2.05) is 0 Å². The molecule has 0 aromatic heterocycles. The lowest BCUT2D eigenvalue weighted by Gasteiger charge is -1.99. The van der Waals surface area contributed by atoms with Gasteiger partial charge < -0.3 is 0 Å². The number of hydrogen-bond donors (Lipinski definition) is 1. The fourth-order valence-electron chi connectivity index (χ4n) is 1.18. The summed E-state index contributed by atoms with van der Waals surface area (Å²) in [7, 11) is 0. The monoisotopic (exact) mass is 179 g/mol. The smallest absolute Gasteiger partial charge is 0.278 e. The third-order valence-corrected chi connectivity index (χ3v) is 1.77. The summed E-state index contributed by atoms with van der Waals surface area (Å²) in [5.41, 5.74) is 0.509. The Morgan fingerprint density at radius 2 is 1.38 bits per heavy atom. The molecule has 0 spiro atoms. The molecule has 4 nitrogen and oxygen atoms in total. The maximum Gasteiger partial charge on any atom is 0.285 e. The number of carbonyl (C=O) groups excluding carboxylic acids is 2. The highest BCUT2D eigenvalue weighted by Crippen LogP contribution is 2.19. The van der Waals surface area contributed by atoms with Crippen LogP contribution in [0.5, 0.6) is 0 Å². The van der Waals surface area contributed by atoms with Crippen LogP contribution in [0.4, 0.5) is 0 Å². The van der Waals surface area contributed by atoms with Gasteiger partial charge in [-0.3, -0.25) is 14.8 Å². The van der Waals surface area contributed by atoms with Crippen LogP contribution in [-0.2, 0) is 0 Å². The molecule has 0 saturated carbocycles. The van der Waals surface area contributed by atoms with Crippen molar-refractivity contribution in [3.63, 3.8) is 0 Å². The van der Waals surface area contributed by atoms with Gasteiger partial charge in [0.15, 0.2) is 0 Å². The molecule has 1 N–H and O–H groups in total. The first-order chi connectivity index (χ1) is 5.72. The standard InChI is InChI=1S/C8H5NO3.CH4/c10-7-5-3-1-2-4-6(5)8(11)9(7)12;/h1-4,12H;1H4. The number of hydrogen-bond acceptors (Lipinski definition) is 3.